The highest BCUT2D eigenvalue weighted by Gasteiger charge is 2.08. The van der Waals surface area contributed by atoms with E-state index in [1.165, 1.54) is 11.3 Å². The summed E-state index contributed by atoms with van der Waals surface area (Å²) in [5.74, 6) is 0.426. The molecule has 1 heterocycles. The Kier molecular flexibility index (Phi) is 5.49. The Labute approximate surface area is 129 Å². The minimum atomic E-state index is -0.243. The lowest BCUT2D eigenvalue weighted by atomic mass is 10.2. The standard InChI is InChI=1S/C13H14BrN3O2S/c1-9-2-4-10(5-3-9)19-8-11(18)15-13-17-16-12(20-13)6-7-14/h2-5H,6-8H2,1H3,(H,15,17,18). The molecule has 0 fully saturated rings. The fourth-order valence-electron chi connectivity index (χ4n) is 1.42. The Morgan fingerprint density at radius 1 is 1.35 bits per heavy atom. The van der Waals surface area contributed by atoms with Crippen molar-refractivity contribution < 1.29 is 9.53 Å². The first-order chi connectivity index (χ1) is 9.67. The Hall–Kier alpha value is -1.47. The summed E-state index contributed by atoms with van der Waals surface area (Å²) in [6, 6.07) is 7.54. The van der Waals surface area contributed by atoms with Crippen molar-refractivity contribution in [3.8, 4) is 5.75 Å². The minimum absolute atomic E-state index is 0.0452. The molecule has 0 saturated heterocycles. The molecule has 106 valence electrons. The number of halogens is 1. The summed E-state index contributed by atoms with van der Waals surface area (Å²) in [4.78, 5) is 11.7. The molecule has 20 heavy (non-hydrogen) atoms. The Morgan fingerprint density at radius 2 is 2.10 bits per heavy atom. The number of hydrogen-bond acceptors (Lipinski definition) is 5. The quantitative estimate of drug-likeness (QED) is 0.809. The van der Waals surface area contributed by atoms with Crippen LogP contribution in [-0.2, 0) is 11.2 Å². The smallest absolute Gasteiger partial charge is 0.264 e. The maximum absolute atomic E-state index is 11.7. The van der Waals surface area contributed by atoms with Crippen LogP contribution in [0.25, 0.3) is 0 Å². The lowest BCUT2D eigenvalue weighted by molar-refractivity contribution is -0.118. The Bertz CT molecular complexity index is 571. The molecule has 0 aliphatic rings. The van der Waals surface area contributed by atoms with Crippen molar-refractivity contribution >= 4 is 38.3 Å². The van der Waals surface area contributed by atoms with Gasteiger partial charge < -0.3 is 4.74 Å². The van der Waals surface area contributed by atoms with Gasteiger partial charge in [0.1, 0.15) is 10.8 Å². The molecule has 0 spiro atoms. The van der Waals surface area contributed by atoms with Crippen LogP contribution >= 0.6 is 27.3 Å². The molecule has 5 nitrogen and oxygen atoms in total. The molecule has 1 N–H and O–H groups in total. The van der Waals surface area contributed by atoms with Crippen LogP contribution in [0.1, 0.15) is 10.6 Å². The first-order valence-electron chi connectivity index (χ1n) is 6.05. The topological polar surface area (TPSA) is 64.1 Å². The predicted octanol–water partition coefficient (Wildman–Crippen LogP) is 2.80. The average Bonchev–Trinajstić information content (AvgIpc) is 2.86. The van der Waals surface area contributed by atoms with Crippen molar-refractivity contribution in [3.05, 3.63) is 34.8 Å². The molecule has 0 aliphatic carbocycles. The molecule has 0 saturated carbocycles. The summed E-state index contributed by atoms with van der Waals surface area (Å²) in [7, 11) is 0. The molecule has 2 aromatic rings. The highest BCUT2D eigenvalue weighted by Crippen LogP contribution is 2.16. The normalized spacial score (nSPS) is 10.3. The number of benzene rings is 1. The Balaban J connectivity index is 1.81. The van der Waals surface area contributed by atoms with E-state index in [9.17, 15) is 4.79 Å². The van der Waals surface area contributed by atoms with Gasteiger partial charge in [-0.1, -0.05) is 45.0 Å². The summed E-state index contributed by atoms with van der Waals surface area (Å²) in [6.07, 6.45) is 0.799. The number of nitrogens with zero attached hydrogens (tertiary/aromatic N) is 2. The van der Waals surface area contributed by atoms with Crippen LogP contribution in [0.2, 0.25) is 0 Å². The number of ether oxygens (including phenoxy) is 1. The molecule has 1 aromatic heterocycles. The molecule has 7 heteroatoms. The van der Waals surface area contributed by atoms with E-state index in [1.54, 1.807) is 0 Å². The van der Waals surface area contributed by atoms with E-state index in [-0.39, 0.29) is 12.5 Å². The third-order valence-corrected chi connectivity index (χ3v) is 3.71. The van der Waals surface area contributed by atoms with Gasteiger partial charge in [0.05, 0.1) is 0 Å². The van der Waals surface area contributed by atoms with Crippen molar-refractivity contribution in [2.24, 2.45) is 0 Å². The van der Waals surface area contributed by atoms with Crippen molar-refractivity contribution in [3.63, 3.8) is 0 Å². The second-order valence-electron chi connectivity index (χ2n) is 4.09. The highest BCUT2D eigenvalue weighted by molar-refractivity contribution is 9.09. The first-order valence-corrected chi connectivity index (χ1v) is 7.99. The van der Waals surface area contributed by atoms with Crippen LogP contribution < -0.4 is 10.1 Å². The zero-order valence-electron chi connectivity index (χ0n) is 10.9. The summed E-state index contributed by atoms with van der Waals surface area (Å²) < 4.78 is 5.39. The van der Waals surface area contributed by atoms with Crippen molar-refractivity contribution in [2.75, 3.05) is 17.3 Å². The zero-order chi connectivity index (χ0) is 14.4. The van der Waals surface area contributed by atoms with Gasteiger partial charge in [-0.2, -0.15) is 0 Å². The number of hydrogen-bond donors (Lipinski definition) is 1. The van der Waals surface area contributed by atoms with E-state index in [0.717, 1.165) is 22.3 Å². The summed E-state index contributed by atoms with van der Waals surface area (Å²) in [6.45, 7) is 1.95. The van der Waals surface area contributed by atoms with Crippen molar-refractivity contribution in [1.29, 1.82) is 0 Å². The number of aromatic nitrogens is 2. The maximum Gasteiger partial charge on any atom is 0.264 e. The van der Waals surface area contributed by atoms with E-state index < -0.39 is 0 Å². The van der Waals surface area contributed by atoms with Gasteiger partial charge in [0.25, 0.3) is 5.91 Å². The average molecular weight is 356 g/mol. The van der Waals surface area contributed by atoms with Gasteiger partial charge in [-0.25, -0.2) is 0 Å². The molecule has 2 rings (SSSR count). The lowest BCUT2D eigenvalue weighted by Gasteiger charge is -2.05. The van der Waals surface area contributed by atoms with Crippen LogP contribution in [-0.4, -0.2) is 28.0 Å². The van der Waals surface area contributed by atoms with E-state index in [0.29, 0.717) is 10.9 Å². The molecule has 0 atom stereocenters. The third-order valence-electron chi connectivity index (χ3n) is 2.41. The molecule has 1 amide bonds. The van der Waals surface area contributed by atoms with Gasteiger partial charge in [-0.15, -0.1) is 10.2 Å². The van der Waals surface area contributed by atoms with Gasteiger partial charge in [-0.05, 0) is 19.1 Å². The van der Waals surface area contributed by atoms with Crippen LogP contribution in [0, 0.1) is 6.92 Å². The summed E-state index contributed by atoms with van der Waals surface area (Å²) >= 11 is 4.70. The minimum Gasteiger partial charge on any atom is -0.484 e. The van der Waals surface area contributed by atoms with Gasteiger partial charge in [0, 0.05) is 11.8 Å². The summed E-state index contributed by atoms with van der Waals surface area (Å²) in [5.41, 5.74) is 1.15. The van der Waals surface area contributed by atoms with Crippen LogP contribution in [0.3, 0.4) is 0 Å². The number of carbonyl (C=O) groups excluding carboxylic acids is 1. The molecule has 0 unspecified atom stereocenters. The van der Waals surface area contributed by atoms with E-state index >= 15 is 0 Å². The number of aryl methyl sites for hydroxylation is 2. The van der Waals surface area contributed by atoms with Gasteiger partial charge in [0.15, 0.2) is 6.61 Å². The van der Waals surface area contributed by atoms with Crippen LogP contribution in [0.15, 0.2) is 24.3 Å². The zero-order valence-corrected chi connectivity index (χ0v) is 13.3. The number of nitrogens with one attached hydrogen (secondary N) is 1. The number of carbonyl (C=O) groups is 1. The highest BCUT2D eigenvalue weighted by atomic mass is 79.9. The lowest BCUT2D eigenvalue weighted by Crippen LogP contribution is -2.20. The molecule has 0 aliphatic heterocycles. The SMILES string of the molecule is Cc1ccc(OCC(=O)Nc2nnc(CCBr)s2)cc1. The summed E-state index contributed by atoms with van der Waals surface area (Å²) in [5, 5.41) is 12.7. The number of rotatable bonds is 6. The van der Waals surface area contributed by atoms with Gasteiger partial charge in [-0.3, -0.25) is 10.1 Å². The monoisotopic (exact) mass is 355 g/mol. The molecular formula is C13H14BrN3O2S. The fourth-order valence-corrected chi connectivity index (χ4v) is 2.82. The molecule has 0 radical (unpaired) electrons. The van der Waals surface area contributed by atoms with E-state index in [2.05, 4.69) is 31.4 Å². The van der Waals surface area contributed by atoms with Crippen molar-refractivity contribution in [1.82, 2.24) is 10.2 Å². The molecule has 0 bridgehead atoms. The number of amides is 1. The second kappa shape index (κ2) is 7.35. The van der Waals surface area contributed by atoms with E-state index in [1.807, 2.05) is 31.2 Å². The maximum atomic E-state index is 11.7. The van der Waals surface area contributed by atoms with Gasteiger partial charge in [0.2, 0.25) is 5.13 Å². The largest absolute Gasteiger partial charge is 0.484 e. The number of alkyl halides is 1. The number of anilines is 1. The fraction of sp³-hybridized carbons (Fsp3) is 0.308. The van der Waals surface area contributed by atoms with Crippen molar-refractivity contribution in [2.45, 2.75) is 13.3 Å². The molecule has 1 aromatic carbocycles. The Morgan fingerprint density at radius 3 is 2.80 bits per heavy atom. The molecular weight excluding hydrogens is 342 g/mol. The first kappa shape index (κ1) is 14.9. The predicted molar refractivity (Wildman–Crippen MR) is 82.7 cm³/mol. The van der Waals surface area contributed by atoms with Crippen LogP contribution in [0.5, 0.6) is 5.75 Å². The third kappa shape index (κ3) is 4.57. The van der Waals surface area contributed by atoms with E-state index in [4.69, 9.17) is 4.74 Å². The van der Waals surface area contributed by atoms with Crippen LogP contribution in [0.4, 0.5) is 5.13 Å². The van der Waals surface area contributed by atoms with Gasteiger partial charge >= 0.3 is 0 Å². The second-order valence-corrected chi connectivity index (χ2v) is 5.94.